The largest absolute Gasteiger partial charge is 0.481 e. The van der Waals surface area contributed by atoms with Crippen LogP contribution in [0.5, 0.6) is 0 Å². The van der Waals surface area contributed by atoms with Gasteiger partial charge in [-0.1, -0.05) is 18.2 Å². The minimum absolute atomic E-state index is 0.0670. The summed E-state index contributed by atoms with van der Waals surface area (Å²) in [6, 6.07) is 8.31. The predicted octanol–water partition coefficient (Wildman–Crippen LogP) is 3.13. The Morgan fingerprint density at radius 1 is 1.17 bits per heavy atom. The van der Waals surface area contributed by atoms with Crippen LogP contribution >= 0.6 is 0 Å². The number of para-hydroxylation sites is 1. The van der Waals surface area contributed by atoms with Crippen molar-refractivity contribution in [3.05, 3.63) is 36.0 Å². The maximum absolute atomic E-state index is 12.1. The van der Waals surface area contributed by atoms with Gasteiger partial charge in [0.2, 0.25) is 5.91 Å². The zero-order valence-corrected chi connectivity index (χ0v) is 13.1. The minimum Gasteiger partial charge on any atom is -0.481 e. The number of H-pyrrole nitrogens is 1. The lowest BCUT2D eigenvalue weighted by atomic mass is 9.89. The molecule has 122 valence electrons. The fourth-order valence-corrected chi connectivity index (χ4v) is 3.42. The van der Waals surface area contributed by atoms with Gasteiger partial charge in [0, 0.05) is 43.0 Å². The number of aliphatic carboxylic acids is 1. The molecule has 1 saturated heterocycles. The van der Waals surface area contributed by atoms with Gasteiger partial charge in [-0.2, -0.15) is 0 Å². The molecule has 1 aliphatic rings. The van der Waals surface area contributed by atoms with E-state index in [2.05, 4.69) is 29.4 Å². The molecule has 1 amide bonds. The number of nitrogens with zero attached hydrogens (tertiary/aromatic N) is 1. The Morgan fingerprint density at radius 3 is 2.65 bits per heavy atom. The molecule has 0 atom stereocenters. The Kier molecular flexibility index (Phi) is 4.65. The summed E-state index contributed by atoms with van der Waals surface area (Å²) in [4.78, 5) is 27.8. The van der Waals surface area contributed by atoms with Crippen molar-refractivity contribution in [3.8, 4) is 0 Å². The Labute approximate surface area is 135 Å². The molecule has 0 aliphatic carbocycles. The molecule has 1 aromatic carbocycles. The van der Waals surface area contributed by atoms with Crippen LogP contribution in [0.25, 0.3) is 10.9 Å². The summed E-state index contributed by atoms with van der Waals surface area (Å²) in [5, 5.41) is 9.91. The second kappa shape index (κ2) is 6.86. The molecule has 1 aliphatic heterocycles. The second-order valence-corrected chi connectivity index (χ2v) is 6.19. The van der Waals surface area contributed by atoms with E-state index in [0.717, 1.165) is 31.4 Å². The average Bonchev–Trinajstić information content (AvgIpc) is 2.98. The molecule has 5 heteroatoms. The van der Waals surface area contributed by atoms with Gasteiger partial charge in [0.05, 0.1) is 0 Å². The maximum Gasteiger partial charge on any atom is 0.303 e. The normalized spacial score (nSPS) is 15.9. The van der Waals surface area contributed by atoms with Crippen molar-refractivity contribution in [1.29, 1.82) is 0 Å². The molecular formula is C18H22N2O3. The first-order valence-electron chi connectivity index (χ1n) is 8.20. The fraction of sp³-hybridized carbons (Fsp3) is 0.444. The van der Waals surface area contributed by atoms with E-state index in [1.54, 1.807) is 0 Å². The summed E-state index contributed by atoms with van der Waals surface area (Å²) in [5.41, 5.74) is 2.51. The highest BCUT2D eigenvalue weighted by Crippen LogP contribution is 2.33. The van der Waals surface area contributed by atoms with Gasteiger partial charge in [-0.3, -0.25) is 9.59 Å². The van der Waals surface area contributed by atoms with Crippen LogP contribution in [-0.4, -0.2) is 40.0 Å². The number of carbonyl (C=O) groups is 2. The van der Waals surface area contributed by atoms with Gasteiger partial charge < -0.3 is 15.0 Å². The van der Waals surface area contributed by atoms with E-state index in [1.165, 1.54) is 10.9 Å². The molecular weight excluding hydrogens is 292 g/mol. The van der Waals surface area contributed by atoms with E-state index < -0.39 is 5.97 Å². The summed E-state index contributed by atoms with van der Waals surface area (Å²) in [6.07, 6.45) is 4.86. The highest BCUT2D eigenvalue weighted by molar-refractivity contribution is 5.83. The van der Waals surface area contributed by atoms with Gasteiger partial charge in [-0.05, 0) is 36.8 Å². The number of amides is 1. The summed E-state index contributed by atoms with van der Waals surface area (Å²) in [6.45, 7) is 1.52. The molecule has 0 spiro atoms. The van der Waals surface area contributed by atoms with E-state index in [4.69, 9.17) is 5.11 Å². The lowest BCUT2D eigenvalue weighted by molar-refractivity contribution is -0.137. The van der Waals surface area contributed by atoms with Crippen molar-refractivity contribution >= 4 is 22.8 Å². The predicted molar refractivity (Wildman–Crippen MR) is 88.3 cm³/mol. The summed E-state index contributed by atoms with van der Waals surface area (Å²) in [5.74, 6) is -0.270. The Bertz CT molecular complexity index is 699. The Balaban J connectivity index is 1.56. The minimum atomic E-state index is -0.837. The van der Waals surface area contributed by atoms with Gasteiger partial charge in [0.1, 0.15) is 0 Å². The fourth-order valence-electron chi connectivity index (χ4n) is 3.42. The molecule has 5 nitrogen and oxygen atoms in total. The molecule has 2 heterocycles. The van der Waals surface area contributed by atoms with E-state index in [-0.39, 0.29) is 12.3 Å². The van der Waals surface area contributed by atoms with Gasteiger partial charge >= 0.3 is 5.97 Å². The van der Waals surface area contributed by atoms with Crippen LogP contribution in [0.3, 0.4) is 0 Å². The molecule has 3 rings (SSSR count). The van der Waals surface area contributed by atoms with Crippen molar-refractivity contribution in [3.63, 3.8) is 0 Å². The molecule has 0 radical (unpaired) electrons. The van der Waals surface area contributed by atoms with Gasteiger partial charge in [0.15, 0.2) is 0 Å². The SMILES string of the molecule is O=C(O)CCCC(=O)N1CCC(c2c[nH]c3ccccc23)CC1. The first kappa shape index (κ1) is 15.6. The molecule has 1 aromatic heterocycles. The van der Waals surface area contributed by atoms with E-state index in [0.29, 0.717) is 18.8 Å². The number of carboxylic acids is 1. The van der Waals surface area contributed by atoms with Crippen LogP contribution < -0.4 is 0 Å². The third-order valence-corrected chi connectivity index (χ3v) is 4.69. The molecule has 0 saturated carbocycles. The van der Waals surface area contributed by atoms with Crippen LogP contribution in [0, 0.1) is 0 Å². The monoisotopic (exact) mass is 314 g/mol. The number of carboxylic acid groups (broad SMARTS) is 1. The zero-order chi connectivity index (χ0) is 16.2. The second-order valence-electron chi connectivity index (χ2n) is 6.19. The number of fused-ring (bicyclic) bond motifs is 1. The molecule has 2 aromatic rings. The maximum atomic E-state index is 12.1. The smallest absolute Gasteiger partial charge is 0.303 e. The van der Waals surface area contributed by atoms with E-state index in [1.807, 2.05) is 11.0 Å². The van der Waals surface area contributed by atoms with Crippen LogP contribution in [0.2, 0.25) is 0 Å². The van der Waals surface area contributed by atoms with Crippen molar-refractivity contribution in [2.24, 2.45) is 0 Å². The van der Waals surface area contributed by atoms with Crippen LogP contribution in [0.1, 0.15) is 43.6 Å². The third-order valence-electron chi connectivity index (χ3n) is 4.69. The molecule has 0 unspecified atom stereocenters. The van der Waals surface area contributed by atoms with E-state index in [9.17, 15) is 9.59 Å². The number of hydrogen-bond acceptors (Lipinski definition) is 2. The lowest BCUT2D eigenvalue weighted by Gasteiger charge is -2.32. The highest BCUT2D eigenvalue weighted by Gasteiger charge is 2.25. The van der Waals surface area contributed by atoms with E-state index >= 15 is 0 Å². The number of piperidine rings is 1. The third kappa shape index (κ3) is 3.55. The van der Waals surface area contributed by atoms with Crippen molar-refractivity contribution in [2.45, 2.75) is 38.0 Å². The lowest BCUT2D eigenvalue weighted by Crippen LogP contribution is -2.37. The number of carbonyl (C=O) groups excluding carboxylic acids is 1. The summed E-state index contributed by atoms with van der Waals surface area (Å²) >= 11 is 0. The van der Waals surface area contributed by atoms with Crippen LogP contribution in [-0.2, 0) is 9.59 Å². The number of likely N-dealkylation sites (tertiary alicyclic amines) is 1. The summed E-state index contributed by atoms with van der Waals surface area (Å²) in [7, 11) is 0. The number of benzene rings is 1. The number of aromatic nitrogens is 1. The van der Waals surface area contributed by atoms with Crippen LogP contribution in [0.4, 0.5) is 0 Å². The Morgan fingerprint density at radius 2 is 1.91 bits per heavy atom. The van der Waals surface area contributed by atoms with Crippen molar-refractivity contribution in [1.82, 2.24) is 9.88 Å². The standard InChI is InChI=1S/C18H22N2O3/c21-17(6-3-7-18(22)23)20-10-8-13(9-11-20)15-12-19-16-5-2-1-4-14(15)16/h1-2,4-5,12-13,19H,3,6-11H2,(H,22,23). The average molecular weight is 314 g/mol. The van der Waals surface area contributed by atoms with Crippen molar-refractivity contribution < 1.29 is 14.7 Å². The van der Waals surface area contributed by atoms with Gasteiger partial charge in [0.25, 0.3) is 0 Å². The first-order valence-corrected chi connectivity index (χ1v) is 8.20. The summed E-state index contributed by atoms with van der Waals surface area (Å²) < 4.78 is 0. The molecule has 23 heavy (non-hydrogen) atoms. The zero-order valence-electron chi connectivity index (χ0n) is 13.1. The Hall–Kier alpha value is -2.30. The first-order chi connectivity index (χ1) is 11.1. The molecule has 0 bridgehead atoms. The number of hydrogen-bond donors (Lipinski definition) is 2. The topological polar surface area (TPSA) is 73.4 Å². The molecule has 2 N–H and O–H groups in total. The van der Waals surface area contributed by atoms with Gasteiger partial charge in [-0.25, -0.2) is 0 Å². The van der Waals surface area contributed by atoms with Gasteiger partial charge in [-0.15, -0.1) is 0 Å². The number of aromatic amines is 1. The van der Waals surface area contributed by atoms with Crippen molar-refractivity contribution in [2.75, 3.05) is 13.1 Å². The van der Waals surface area contributed by atoms with Crippen LogP contribution in [0.15, 0.2) is 30.5 Å². The number of rotatable bonds is 5. The molecule has 1 fully saturated rings. The highest BCUT2D eigenvalue weighted by atomic mass is 16.4. The number of nitrogens with one attached hydrogen (secondary N) is 1. The quantitative estimate of drug-likeness (QED) is 0.890.